The van der Waals surface area contributed by atoms with Gasteiger partial charge in [0.15, 0.2) is 11.5 Å². The molecule has 0 unspecified atom stereocenters. The van der Waals surface area contributed by atoms with Crippen LogP contribution in [-0.4, -0.2) is 18.9 Å². The van der Waals surface area contributed by atoms with Crippen molar-refractivity contribution in [3.8, 4) is 11.5 Å². The number of carbonyl (C=O) groups is 2. The molecule has 0 amide bonds. The molecule has 0 aliphatic rings. The highest BCUT2D eigenvalue weighted by Crippen LogP contribution is 2.29. The van der Waals surface area contributed by atoms with E-state index in [1.54, 1.807) is 37.3 Å². The second-order valence-corrected chi connectivity index (χ2v) is 4.59. The molecule has 4 nitrogen and oxygen atoms in total. The van der Waals surface area contributed by atoms with Crippen molar-refractivity contribution in [1.29, 1.82) is 0 Å². The zero-order valence-corrected chi connectivity index (χ0v) is 12.1. The smallest absolute Gasteiger partial charge is 0.343 e. The van der Waals surface area contributed by atoms with Gasteiger partial charge in [0, 0.05) is 10.6 Å². The second-order valence-electron chi connectivity index (χ2n) is 4.15. The Labute approximate surface area is 127 Å². The summed E-state index contributed by atoms with van der Waals surface area (Å²) in [6.07, 6.45) is 0.702. The molecule has 21 heavy (non-hydrogen) atoms. The lowest BCUT2D eigenvalue weighted by Gasteiger charge is -2.11. The zero-order chi connectivity index (χ0) is 15.2. The summed E-state index contributed by atoms with van der Waals surface area (Å²) >= 11 is 5.77. The van der Waals surface area contributed by atoms with E-state index < -0.39 is 5.97 Å². The Morgan fingerprint density at radius 2 is 1.86 bits per heavy atom. The summed E-state index contributed by atoms with van der Waals surface area (Å²) in [4.78, 5) is 22.8. The average Bonchev–Trinajstić information content (AvgIpc) is 2.49. The van der Waals surface area contributed by atoms with E-state index in [1.165, 1.54) is 12.1 Å². The van der Waals surface area contributed by atoms with Crippen molar-refractivity contribution < 1.29 is 19.1 Å². The van der Waals surface area contributed by atoms with Gasteiger partial charge in [0.05, 0.1) is 12.2 Å². The molecule has 0 saturated carbocycles. The molecule has 0 aliphatic heterocycles. The number of benzene rings is 2. The molecular formula is C16H13ClO4. The first-order valence-electron chi connectivity index (χ1n) is 6.34. The second kappa shape index (κ2) is 6.90. The van der Waals surface area contributed by atoms with Crippen LogP contribution in [0.25, 0.3) is 0 Å². The topological polar surface area (TPSA) is 52.6 Å². The monoisotopic (exact) mass is 304 g/mol. The van der Waals surface area contributed by atoms with Crippen LogP contribution in [0.4, 0.5) is 0 Å². The fourth-order valence-corrected chi connectivity index (χ4v) is 1.82. The van der Waals surface area contributed by atoms with Gasteiger partial charge in [-0.3, -0.25) is 4.79 Å². The van der Waals surface area contributed by atoms with Gasteiger partial charge in [0.1, 0.15) is 6.29 Å². The normalized spacial score (nSPS) is 10.0. The maximum Gasteiger partial charge on any atom is 0.343 e. The average molecular weight is 305 g/mol. The van der Waals surface area contributed by atoms with Crippen LogP contribution >= 0.6 is 11.6 Å². The minimum atomic E-state index is -0.522. The van der Waals surface area contributed by atoms with Crippen LogP contribution in [0.15, 0.2) is 42.5 Å². The lowest BCUT2D eigenvalue weighted by molar-refractivity contribution is 0.0728. The van der Waals surface area contributed by atoms with Gasteiger partial charge in [-0.2, -0.15) is 0 Å². The predicted molar refractivity (Wildman–Crippen MR) is 79.4 cm³/mol. The van der Waals surface area contributed by atoms with Crippen LogP contribution in [0.2, 0.25) is 5.02 Å². The SMILES string of the molecule is CCOc1cc(C=O)ccc1OC(=O)c1ccc(Cl)cc1. The van der Waals surface area contributed by atoms with Crippen molar-refractivity contribution in [1.82, 2.24) is 0 Å². The van der Waals surface area contributed by atoms with E-state index in [4.69, 9.17) is 21.1 Å². The molecule has 0 N–H and O–H groups in total. The Morgan fingerprint density at radius 1 is 1.14 bits per heavy atom. The predicted octanol–water partition coefficient (Wildman–Crippen LogP) is 3.77. The van der Waals surface area contributed by atoms with Gasteiger partial charge in [-0.1, -0.05) is 11.6 Å². The van der Waals surface area contributed by atoms with Crippen LogP contribution < -0.4 is 9.47 Å². The van der Waals surface area contributed by atoms with Crippen LogP contribution in [-0.2, 0) is 0 Å². The summed E-state index contributed by atoms with van der Waals surface area (Å²) in [6, 6.07) is 11.0. The van der Waals surface area contributed by atoms with E-state index in [1.807, 2.05) is 0 Å². The standard InChI is InChI=1S/C16H13ClO4/c1-2-20-15-9-11(10-18)3-8-14(15)21-16(19)12-4-6-13(17)7-5-12/h3-10H,2H2,1H3. The molecular weight excluding hydrogens is 292 g/mol. The molecule has 2 aromatic rings. The fraction of sp³-hybridized carbons (Fsp3) is 0.125. The van der Waals surface area contributed by atoms with Crippen molar-refractivity contribution in [2.75, 3.05) is 6.61 Å². The van der Waals surface area contributed by atoms with Crippen LogP contribution in [0.1, 0.15) is 27.6 Å². The largest absolute Gasteiger partial charge is 0.490 e. The summed E-state index contributed by atoms with van der Waals surface area (Å²) in [5, 5.41) is 0.539. The minimum Gasteiger partial charge on any atom is -0.490 e. The number of hydrogen-bond acceptors (Lipinski definition) is 4. The number of aldehydes is 1. The molecule has 5 heteroatoms. The number of halogens is 1. The lowest BCUT2D eigenvalue weighted by atomic mass is 10.2. The van der Waals surface area contributed by atoms with E-state index in [9.17, 15) is 9.59 Å². The maximum atomic E-state index is 12.0. The van der Waals surface area contributed by atoms with Gasteiger partial charge < -0.3 is 9.47 Å². The third-order valence-electron chi connectivity index (χ3n) is 2.69. The fourth-order valence-electron chi connectivity index (χ4n) is 1.70. The van der Waals surface area contributed by atoms with Gasteiger partial charge in [0.2, 0.25) is 0 Å². The van der Waals surface area contributed by atoms with Gasteiger partial charge in [-0.15, -0.1) is 0 Å². The van der Waals surface area contributed by atoms with E-state index >= 15 is 0 Å². The summed E-state index contributed by atoms with van der Waals surface area (Å²) in [5.74, 6) is 0.0956. The summed E-state index contributed by atoms with van der Waals surface area (Å²) in [6.45, 7) is 2.20. The summed E-state index contributed by atoms with van der Waals surface area (Å²) in [5.41, 5.74) is 0.825. The van der Waals surface area contributed by atoms with Crippen molar-refractivity contribution in [2.45, 2.75) is 6.92 Å². The molecule has 0 atom stereocenters. The Morgan fingerprint density at radius 3 is 2.48 bits per heavy atom. The van der Waals surface area contributed by atoms with E-state index in [0.29, 0.717) is 34.8 Å². The molecule has 2 rings (SSSR count). The third-order valence-corrected chi connectivity index (χ3v) is 2.94. The lowest BCUT2D eigenvalue weighted by Crippen LogP contribution is -2.09. The van der Waals surface area contributed by atoms with Crippen molar-refractivity contribution >= 4 is 23.9 Å². The first-order valence-corrected chi connectivity index (χ1v) is 6.71. The number of ether oxygens (including phenoxy) is 2. The van der Waals surface area contributed by atoms with Gasteiger partial charge in [-0.05, 0) is 49.4 Å². The summed E-state index contributed by atoms with van der Waals surface area (Å²) < 4.78 is 10.7. The molecule has 0 heterocycles. The Balaban J connectivity index is 2.23. The van der Waals surface area contributed by atoms with Gasteiger partial charge in [-0.25, -0.2) is 4.79 Å². The van der Waals surface area contributed by atoms with Crippen molar-refractivity contribution in [2.24, 2.45) is 0 Å². The van der Waals surface area contributed by atoms with E-state index in [0.717, 1.165) is 0 Å². The molecule has 0 saturated heterocycles. The Hall–Kier alpha value is -2.33. The number of hydrogen-bond donors (Lipinski definition) is 0. The molecule has 0 radical (unpaired) electrons. The molecule has 0 spiro atoms. The quantitative estimate of drug-likeness (QED) is 0.479. The molecule has 2 aromatic carbocycles. The van der Waals surface area contributed by atoms with Crippen molar-refractivity contribution in [3.63, 3.8) is 0 Å². The Bertz CT molecular complexity index is 650. The molecule has 108 valence electrons. The molecule has 0 bridgehead atoms. The Kier molecular flexibility index (Phi) is 4.95. The zero-order valence-electron chi connectivity index (χ0n) is 11.3. The van der Waals surface area contributed by atoms with Gasteiger partial charge >= 0.3 is 5.97 Å². The molecule has 0 aromatic heterocycles. The first kappa shape index (κ1) is 15.1. The van der Waals surface area contributed by atoms with Crippen LogP contribution in [0.5, 0.6) is 11.5 Å². The number of esters is 1. The van der Waals surface area contributed by atoms with Crippen molar-refractivity contribution in [3.05, 3.63) is 58.6 Å². The first-order chi connectivity index (χ1) is 10.1. The van der Waals surface area contributed by atoms with Crippen LogP contribution in [0.3, 0.4) is 0 Å². The van der Waals surface area contributed by atoms with Crippen LogP contribution in [0, 0.1) is 0 Å². The highest BCUT2D eigenvalue weighted by molar-refractivity contribution is 6.30. The molecule has 0 fully saturated rings. The minimum absolute atomic E-state index is 0.266. The maximum absolute atomic E-state index is 12.0. The summed E-state index contributed by atoms with van der Waals surface area (Å²) in [7, 11) is 0. The highest BCUT2D eigenvalue weighted by Gasteiger charge is 2.13. The van der Waals surface area contributed by atoms with E-state index in [-0.39, 0.29) is 5.75 Å². The number of rotatable bonds is 5. The number of carbonyl (C=O) groups excluding carboxylic acids is 2. The highest BCUT2D eigenvalue weighted by atomic mass is 35.5. The van der Waals surface area contributed by atoms with E-state index in [2.05, 4.69) is 0 Å². The third kappa shape index (κ3) is 3.83. The van der Waals surface area contributed by atoms with Gasteiger partial charge in [0.25, 0.3) is 0 Å². The molecule has 0 aliphatic carbocycles.